The molecule has 0 radical (unpaired) electrons. The average Bonchev–Trinajstić information content (AvgIpc) is 3.66. The van der Waals surface area contributed by atoms with Crippen molar-refractivity contribution >= 4 is 40.1 Å². The van der Waals surface area contributed by atoms with E-state index in [0.29, 0.717) is 35.8 Å². The number of anilines is 2. The number of H-pyrrole nitrogens is 1. The molecule has 2 N–H and O–H groups in total. The molecule has 2 saturated carbocycles. The highest BCUT2D eigenvalue weighted by molar-refractivity contribution is 6.05. The van der Waals surface area contributed by atoms with Crippen LogP contribution in [0.1, 0.15) is 101 Å². The Kier molecular flexibility index (Phi) is 10.2. The average molecular weight is 834 g/mol. The van der Waals surface area contributed by atoms with Gasteiger partial charge in [0.1, 0.15) is 35.2 Å². The molecule has 0 bridgehead atoms. The molecule has 0 spiro atoms. The minimum Gasteiger partial charge on any atom is -0.488 e. The van der Waals surface area contributed by atoms with Crippen LogP contribution in [0.4, 0.5) is 15.9 Å². The maximum atomic E-state index is 16.0. The predicted octanol–water partition coefficient (Wildman–Crippen LogP) is 6.00. The Bertz CT molecular complexity index is 2350. The third-order valence-electron chi connectivity index (χ3n) is 14.2. The Morgan fingerprint density at radius 2 is 1.66 bits per heavy atom. The van der Waals surface area contributed by atoms with E-state index in [1.54, 1.807) is 18.5 Å². The molecule has 2 aromatic heterocycles. The topological polar surface area (TPSA) is 149 Å². The summed E-state index contributed by atoms with van der Waals surface area (Å²) in [6.07, 6.45) is 10.7. The second-order valence-corrected chi connectivity index (χ2v) is 19.1. The normalized spacial score (nSPS) is 25.5. The first-order valence-corrected chi connectivity index (χ1v) is 22.3. The van der Waals surface area contributed by atoms with Crippen LogP contribution in [0.25, 0.3) is 22.3 Å². The second kappa shape index (κ2) is 15.6. The van der Waals surface area contributed by atoms with Crippen LogP contribution in [0.3, 0.4) is 0 Å². The lowest BCUT2D eigenvalue weighted by molar-refractivity contribution is -0.136. The summed E-state index contributed by atoms with van der Waals surface area (Å²) in [4.78, 5) is 55.1. The van der Waals surface area contributed by atoms with Crippen molar-refractivity contribution in [2.75, 3.05) is 49.1 Å². The number of carbonyl (C=O) groups is 3. The van der Waals surface area contributed by atoms with Gasteiger partial charge in [-0.3, -0.25) is 29.7 Å². The monoisotopic (exact) mass is 833 g/mol. The van der Waals surface area contributed by atoms with Gasteiger partial charge in [-0.1, -0.05) is 0 Å². The number of imide groups is 1. The number of carbonyl (C=O) groups excluding carboxylic acids is 3. The van der Waals surface area contributed by atoms with E-state index in [9.17, 15) is 14.4 Å². The van der Waals surface area contributed by atoms with Gasteiger partial charge in [0, 0.05) is 73.8 Å². The lowest BCUT2D eigenvalue weighted by atomic mass is 9.85. The molecule has 6 heterocycles. The van der Waals surface area contributed by atoms with E-state index in [1.165, 1.54) is 4.90 Å². The van der Waals surface area contributed by atoms with Crippen molar-refractivity contribution in [1.29, 1.82) is 0 Å². The highest BCUT2D eigenvalue weighted by atomic mass is 19.1. The molecular formula is C46H56FN9O5. The number of benzene rings is 2. The Morgan fingerprint density at radius 3 is 2.41 bits per heavy atom. The van der Waals surface area contributed by atoms with Crippen LogP contribution in [-0.4, -0.2) is 116 Å². The zero-order chi connectivity index (χ0) is 42.0. The molecule has 3 amide bonds. The molecule has 10 rings (SSSR count). The number of amides is 3. The number of nitrogens with one attached hydrogen (secondary N) is 2. The van der Waals surface area contributed by atoms with Gasteiger partial charge in [0.15, 0.2) is 5.82 Å². The van der Waals surface area contributed by atoms with E-state index >= 15 is 4.39 Å². The minimum atomic E-state index is -0.765. The van der Waals surface area contributed by atoms with Crippen molar-refractivity contribution in [3.63, 3.8) is 0 Å². The number of halogens is 1. The van der Waals surface area contributed by atoms with Gasteiger partial charge in [-0.25, -0.2) is 14.4 Å². The van der Waals surface area contributed by atoms with Gasteiger partial charge in [-0.2, -0.15) is 5.10 Å². The number of fused-ring (bicyclic) bond motifs is 2. The standard InChI is InChI=1S/C46H56FN9O5/c1-45(2)26-54(39-23-36(48-27-49-39)42-33-22-31(61-46(3)16-17-46)8-10-35(33)51-52-42)20-21-55(45)24-28-4-6-29(7-5-28)60-30-14-18-53(19-15-30)37-11-9-32-34(41(37)47)25-56(44(32)59)38-12-13-40(57)50-43(38)58/h8-11,22-23,27-30,38H,4-7,12-21,24-26H2,1-3H3,(H,51,52)(H,50,57,58)/t28-,29-,38?. The first-order chi connectivity index (χ1) is 29.4. The fourth-order valence-electron chi connectivity index (χ4n) is 10.3. The lowest BCUT2D eigenvalue weighted by Crippen LogP contribution is -2.60. The molecule has 322 valence electrons. The maximum absolute atomic E-state index is 16.0. The van der Waals surface area contributed by atoms with Gasteiger partial charge < -0.3 is 24.2 Å². The summed E-state index contributed by atoms with van der Waals surface area (Å²) in [6, 6.07) is 10.8. The van der Waals surface area contributed by atoms with Gasteiger partial charge in [-0.05, 0) is 115 Å². The van der Waals surface area contributed by atoms with Crippen LogP contribution < -0.4 is 19.9 Å². The van der Waals surface area contributed by atoms with Crippen molar-refractivity contribution in [2.45, 2.75) is 121 Å². The number of piperidine rings is 2. The van der Waals surface area contributed by atoms with Crippen molar-refractivity contribution in [1.82, 2.24) is 35.3 Å². The molecule has 3 saturated heterocycles. The zero-order valence-electron chi connectivity index (χ0n) is 35.4. The molecule has 15 heteroatoms. The maximum Gasteiger partial charge on any atom is 0.255 e. The molecular weight excluding hydrogens is 778 g/mol. The van der Waals surface area contributed by atoms with Crippen molar-refractivity contribution in [2.24, 2.45) is 5.92 Å². The SMILES string of the molecule is CC1(Oc2ccc3[nH]nc(-c4cc(N5CCN(C[C@H]6CC[C@H](OC7CCN(c8ccc9c(c8F)CN(C8CCC(=O)NC8=O)C9=O)CC7)CC6)C(C)(C)C5)ncn4)c3c2)CC1. The summed E-state index contributed by atoms with van der Waals surface area (Å²) in [5.41, 5.74) is 3.59. The van der Waals surface area contributed by atoms with E-state index in [4.69, 9.17) is 14.5 Å². The molecule has 61 heavy (non-hydrogen) atoms. The summed E-state index contributed by atoms with van der Waals surface area (Å²) in [5, 5.41) is 11.1. The summed E-state index contributed by atoms with van der Waals surface area (Å²) in [5.74, 6) is 0.810. The number of aromatic nitrogens is 4. The third-order valence-corrected chi connectivity index (χ3v) is 14.2. The fraction of sp³-hybridized carbons (Fsp3) is 0.565. The highest BCUT2D eigenvalue weighted by Gasteiger charge is 2.42. The predicted molar refractivity (Wildman–Crippen MR) is 228 cm³/mol. The van der Waals surface area contributed by atoms with Gasteiger partial charge in [0.05, 0.1) is 35.7 Å². The zero-order valence-corrected chi connectivity index (χ0v) is 35.4. The molecule has 5 fully saturated rings. The van der Waals surface area contributed by atoms with Gasteiger partial charge in [0.2, 0.25) is 11.8 Å². The number of ether oxygens (including phenoxy) is 2. The second-order valence-electron chi connectivity index (χ2n) is 19.1. The first-order valence-electron chi connectivity index (χ1n) is 22.3. The third kappa shape index (κ3) is 7.95. The largest absolute Gasteiger partial charge is 0.488 e. The summed E-state index contributed by atoms with van der Waals surface area (Å²) in [6.45, 7) is 12.0. The van der Waals surface area contributed by atoms with Gasteiger partial charge in [-0.15, -0.1) is 0 Å². The number of hydrogen-bond donors (Lipinski definition) is 2. The Labute approximate surface area is 355 Å². The van der Waals surface area contributed by atoms with E-state index in [-0.39, 0.29) is 54.5 Å². The smallest absolute Gasteiger partial charge is 0.255 e. The van der Waals surface area contributed by atoms with Crippen molar-refractivity contribution in [3.05, 3.63) is 59.7 Å². The van der Waals surface area contributed by atoms with Crippen LogP contribution >= 0.6 is 0 Å². The number of rotatable bonds is 10. The molecule has 1 unspecified atom stereocenters. The van der Waals surface area contributed by atoms with Crippen LogP contribution in [-0.2, 0) is 20.9 Å². The first kappa shape index (κ1) is 40.0. The number of piperazine rings is 1. The van der Waals surface area contributed by atoms with Crippen LogP contribution in [0.5, 0.6) is 5.75 Å². The highest BCUT2D eigenvalue weighted by Crippen LogP contribution is 2.41. The number of hydrogen-bond acceptors (Lipinski definition) is 11. The summed E-state index contributed by atoms with van der Waals surface area (Å²) in [7, 11) is 0. The van der Waals surface area contributed by atoms with Gasteiger partial charge in [0.25, 0.3) is 5.91 Å². The van der Waals surface area contributed by atoms with Crippen LogP contribution in [0, 0.1) is 11.7 Å². The van der Waals surface area contributed by atoms with Crippen LogP contribution in [0.15, 0.2) is 42.7 Å². The molecule has 6 aliphatic rings. The van der Waals surface area contributed by atoms with Crippen LogP contribution in [0.2, 0.25) is 0 Å². The Morgan fingerprint density at radius 1 is 0.869 bits per heavy atom. The van der Waals surface area contributed by atoms with E-state index in [2.05, 4.69) is 68.1 Å². The molecule has 2 aromatic carbocycles. The minimum absolute atomic E-state index is 0.0301. The van der Waals surface area contributed by atoms with Gasteiger partial charge >= 0.3 is 0 Å². The molecule has 2 aliphatic carbocycles. The van der Waals surface area contributed by atoms with Crippen molar-refractivity contribution < 1.29 is 28.2 Å². The quantitative estimate of drug-likeness (QED) is 0.182. The molecule has 1 atom stereocenters. The number of aromatic amines is 1. The fourth-order valence-corrected chi connectivity index (χ4v) is 10.3. The van der Waals surface area contributed by atoms with Crippen molar-refractivity contribution in [3.8, 4) is 17.1 Å². The Balaban J connectivity index is 0.691. The molecule has 14 nitrogen and oxygen atoms in total. The summed E-state index contributed by atoms with van der Waals surface area (Å²) >= 11 is 0. The van der Waals surface area contributed by atoms with E-state index in [1.807, 2.05) is 12.1 Å². The van der Waals surface area contributed by atoms with E-state index < -0.39 is 17.8 Å². The lowest BCUT2D eigenvalue weighted by Gasteiger charge is -2.49. The number of nitrogens with zero attached hydrogens (tertiary/aromatic N) is 7. The van der Waals surface area contributed by atoms with E-state index in [0.717, 1.165) is 111 Å². The summed E-state index contributed by atoms with van der Waals surface area (Å²) < 4.78 is 28.9. The molecule has 4 aromatic rings. The molecule has 4 aliphatic heterocycles. The Hall–Kier alpha value is -5.15.